The molecule has 3 heteroatoms. The molecule has 0 radical (unpaired) electrons. The molecule has 0 fully saturated rings. The van der Waals surface area contributed by atoms with Gasteiger partial charge in [-0.15, -0.1) is 0 Å². The Bertz CT molecular complexity index is 404. The minimum absolute atomic E-state index is 0.349. The molecule has 1 aromatic rings. The molecule has 0 saturated carbocycles. The number of ether oxygens (including phenoxy) is 2. The van der Waals surface area contributed by atoms with Crippen molar-refractivity contribution >= 4 is 0 Å². The van der Waals surface area contributed by atoms with Crippen LogP contribution in [0.4, 0.5) is 0 Å². The number of rotatable bonds is 9. The first-order valence-electron chi connectivity index (χ1n) is 7.60. The highest BCUT2D eigenvalue weighted by Crippen LogP contribution is 2.28. The number of methoxy groups -OCH3 is 1. The largest absolute Gasteiger partial charge is 0.496 e. The lowest BCUT2D eigenvalue weighted by atomic mass is 9.96. The molecule has 0 aliphatic rings. The van der Waals surface area contributed by atoms with Crippen LogP contribution in [0.3, 0.4) is 0 Å². The summed E-state index contributed by atoms with van der Waals surface area (Å²) in [5, 5.41) is 3.56. The van der Waals surface area contributed by atoms with Crippen molar-refractivity contribution in [1.29, 1.82) is 0 Å². The summed E-state index contributed by atoms with van der Waals surface area (Å²) in [4.78, 5) is 0. The lowest BCUT2D eigenvalue weighted by Crippen LogP contribution is -2.23. The van der Waals surface area contributed by atoms with E-state index in [9.17, 15) is 0 Å². The van der Waals surface area contributed by atoms with Gasteiger partial charge in [-0.25, -0.2) is 0 Å². The predicted octanol–water partition coefficient (Wildman–Crippen LogP) is 3.78. The summed E-state index contributed by atoms with van der Waals surface area (Å²) in [7, 11) is 1.72. The highest BCUT2D eigenvalue weighted by atomic mass is 16.5. The average molecular weight is 279 g/mol. The number of nitrogens with one attached hydrogen (secondary N) is 1. The molecule has 3 nitrogen and oxygen atoms in total. The number of hydrogen-bond donors (Lipinski definition) is 1. The first kappa shape index (κ1) is 17.0. The zero-order valence-electron chi connectivity index (χ0n) is 13.6. The minimum atomic E-state index is 0.349. The van der Waals surface area contributed by atoms with E-state index in [1.165, 1.54) is 16.7 Å². The van der Waals surface area contributed by atoms with Crippen LogP contribution in [0, 0.1) is 13.8 Å². The van der Waals surface area contributed by atoms with Gasteiger partial charge < -0.3 is 14.8 Å². The highest BCUT2D eigenvalue weighted by Gasteiger charge is 2.14. The molecule has 114 valence electrons. The zero-order chi connectivity index (χ0) is 15.0. The van der Waals surface area contributed by atoms with Gasteiger partial charge in [-0.3, -0.25) is 0 Å². The van der Waals surface area contributed by atoms with Crippen LogP contribution < -0.4 is 10.1 Å². The van der Waals surface area contributed by atoms with Gasteiger partial charge in [0.2, 0.25) is 0 Å². The fourth-order valence-corrected chi connectivity index (χ4v) is 2.47. The Kier molecular flexibility index (Phi) is 7.63. The molecule has 0 bridgehead atoms. The van der Waals surface area contributed by atoms with Crippen LogP contribution in [0.1, 0.15) is 49.4 Å². The van der Waals surface area contributed by atoms with Crippen molar-refractivity contribution in [3.05, 3.63) is 28.8 Å². The lowest BCUT2D eigenvalue weighted by Gasteiger charge is -2.22. The molecule has 0 amide bonds. The summed E-state index contributed by atoms with van der Waals surface area (Å²) in [5.74, 6) is 0.962. The molecule has 1 unspecified atom stereocenters. The second kappa shape index (κ2) is 8.98. The van der Waals surface area contributed by atoms with Crippen LogP contribution in [0.25, 0.3) is 0 Å². The SMILES string of the molecule is CCCOCCC(NCC)c1cc(C)c(OC)cc1C. The minimum Gasteiger partial charge on any atom is -0.496 e. The molecule has 0 aliphatic heterocycles. The molecule has 0 heterocycles. The summed E-state index contributed by atoms with van der Waals surface area (Å²) in [6.07, 6.45) is 2.08. The third kappa shape index (κ3) is 4.80. The third-order valence-electron chi connectivity index (χ3n) is 3.51. The standard InChI is InChI=1S/C17H29NO2/c1-6-9-20-10-8-16(18-7-2)15-11-14(4)17(19-5)12-13(15)3/h11-12,16,18H,6-10H2,1-5H3. The van der Waals surface area contributed by atoms with E-state index in [1.807, 2.05) is 0 Å². The summed E-state index contributed by atoms with van der Waals surface area (Å²) in [5.41, 5.74) is 3.81. The smallest absolute Gasteiger partial charge is 0.122 e. The molecule has 1 atom stereocenters. The fourth-order valence-electron chi connectivity index (χ4n) is 2.47. The third-order valence-corrected chi connectivity index (χ3v) is 3.51. The van der Waals surface area contributed by atoms with Crippen molar-refractivity contribution in [1.82, 2.24) is 5.32 Å². The van der Waals surface area contributed by atoms with Crippen LogP contribution in [-0.4, -0.2) is 26.9 Å². The van der Waals surface area contributed by atoms with Gasteiger partial charge in [-0.2, -0.15) is 0 Å². The van der Waals surface area contributed by atoms with E-state index in [4.69, 9.17) is 9.47 Å². The van der Waals surface area contributed by atoms with E-state index >= 15 is 0 Å². The van der Waals surface area contributed by atoms with E-state index in [1.54, 1.807) is 7.11 Å². The second-order valence-corrected chi connectivity index (χ2v) is 5.19. The Hall–Kier alpha value is -1.06. The average Bonchev–Trinajstić information content (AvgIpc) is 2.44. The Morgan fingerprint density at radius 1 is 1.10 bits per heavy atom. The van der Waals surface area contributed by atoms with E-state index < -0.39 is 0 Å². The fraction of sp³-hybridized carbons (Fsp3) is 0.647. The highest BCUT2D eigenvalue weighted by molar-refractivity contribution is 5.42. The molecule has 1 rings (SSSR count). The Balaban J connectivity index is 2.82. The van der Waals surface area contributed by atoms with Crippen LogP contribution in [0.2, 0.25) is 0 Å². The number of hydrogen-bond acceptors (Lipinski definition) is 3. The van der Waals surface area contributed by atoms with Gasteiger partial charge in [0.25, 0.3) is 0 Å². The molecule has 1 aromatic carbocycles. The monoisotopic (exact) mass is 279 g/mol. The van der Waals surface area contributed by atoms with Crippen molar-refractivity contribution in [3.63, 3.8) is 0 Å². The molecular weight excluding hydrogens is 250 g/mol. The van der Waals surface area contributed by atoms with Crippen molar-refractivity contribution in [3.8, 4) is 5.75 Å². The second-order valence-electron chi connectivity index (χ2n) is 5.19. The topological polar surface area (TPSA) is 30.5 Å². The van der Waals surface area contributed by atoms with Crippen LogP contribution in [0.15, 0.2) is 12.1 Å². The molecule has 0 aliphatic carbocycles. The van der Waals surface area contributed by atoms with Gasteiger partial charge in [-0.05, 0) is 56.0 Å². The molecule has 0 saturated heterocycles. The number of benzene rings is 1. The normalized spacial score (nSPS) is 12.4. The van der Waals surface area contributed by atoms with E-state index in [0.29, 0.717) is 6.04 Å². The maximum Gasteiger partial charge on any atom is 0.122 e. The van der Waals surface area contributed by atoms with Gasteiger partial charge in [-0.1, -0.05) is 19.9 Å². The van der Waals surface area contributed by atoms with Gasteiger partial charge >= 0.3 is 0 Å². The van der Waals surface area contributed by atoms with Crippen LogP contribution in [0.5, 0.6) is 5.75 Å². The van der Waals surface area contributed by atoms with Crippen molar-refractivity contribution in [2.24, 2.45) is 0 Å². The summed E-state index contributed by atoms with van der Waals surface area (Å²) in [6, 6.07) is 4.71. The quantitative estimate of drug-likeness (QED) is 0.698. The van der Waals surface area contributed by atoms with Crippen LogP contribution >= 0.6 is 0 Å². The van der Waals surface area contributed by atoms with Gasteiger partial charge in [0, 0.05) is 19.3 Å². The Morgan fingerprint density at radius 2 is 1.85 bits per heavy atom. The van der Waals surface area contributed by atoms with E-state index in [0.717, 1.165) is 38.3 Å². The summed E-state index contributed by atoms with van der Waals surface area (Å²) < 4.78 is 11.0. The molecule has 0 aromatic heterocycles. The Labute approximate surface area is 123 Å². The zero-order valence-corrected chi connectivity index (χ0v) is 13.6. The maximum absolute atomic E-state index is 5.63. The van der Waals surface area contributed by atoms with E-state index in [2.05, 4.69) is 45.1 Å². The van der Waals surface area contributed by atoms with Crippen molar-refractivity contribution < 1.29 is 9.47 Å². The first-order valence-corrected chi connectivity index (χ1v) is 7.60. The maximum atomic E-state index is 5.63. The molecular formula is C17H29NO2. The molecule has 1 N–H and O–H groups in total. The molecule has 0 spiro atoms. The predicted molar refractivity (Wildman–Crippen MR) is 84.6 cm³/mol. The lowest BCUT2D eigenvalue weighted by molar-refractivity contribution is 0.124. The first-order chi connectivity index (χ1) is 9.63. The Morgan fingerprint density at radius 3 is 2.45 bits per heavy atom. The van der Waals surface area contributed by atoms with Crippen molar-refractivity contribution in [2.45, 2.75) is 46.6 Å². The van der Waals surface area contributed by atoms with Crippen molar-refractivity contribution in [2.75, 3.05) is 26.9 Å². The van der Waals surface area contributed by atoms with Gasteiger partial charge in [0.05, 0.1) is 7.11 Å². The van der Waals surface area contributed by atoms with Crippen LogP contribution in [-0.2, 0) is 4.74 Å². The van der Waals surface area contributed by atoms with Gasteiger partial charge in [0.1, 0.15) is 5.75 Å². The molecule has 20 heavy (non-hydrogen) atoms. The number of aryl methyl sites for hydroxylation is 2. The van der Waals surface area contributed by atoms with Gasteiger partial charge in [0.15, 0.2) is 0 Å². The van der Waals surface area contributed by atoms with E-state index in [-0.39, 0.29) is 0 Å². The summed E-state index contributed by atoms with van der Waals surface area (Å²) in [6.45, 7) is 11.1. The summed E-state index contributed by atoms with van der Waals surface area (Å²) >= 11 is 0.